The molecule has 0 aliphatic carbocycles. The quantitative estimate of drug-likeness (QED) is 0.676. The second kappa shape index (κ2) is 2.80. The van der Waals surface area contributed by atoms with Gasteiger partial charge in [-0.25, -0.2) is 9.97 Å². The molecule has 2 aromatic heterocycles. The number of nitrogen functional groups attached to an aromatic ring is 1. The fourth-order valence-corrected chi connectivity index (χ4v) is 1.41. The second-order valence-electron chi connectivity index (χ2n) is 3.11. The van der Waals surface area contributed by atoms with Crippen LogP contribution in [0.25, 0.3) is 5.65 Å². The van der Waals surface area contributed by atoms with E-state index in [1.807, 2.05) is 6.92 Å². The lowest BCUT2D eigenvalue weighted by Crippen LogP contribution is -2.07. The van der Waals surface area contributed by atoms with E-state index in [4.69, 9.17) is 5.73 Å². The Labute approximate surface area is 80.6 Å². The Morgan fingerprint density at radius 2 is 2.14 bits per heavy atom. The summed E-state index contributed by atoms with van der Waals surface area (Å²) in [5.74, 6) is 1.04. The molecule has 0 saturated carbocycles. The van der Waals surface area contributed by atoms with Gasteiger partial charge in [0.05, 0.1) is 11.8 Å². The predicted molar refractivity (Wildman–Crippen MR) is 52.1 cm³/mol. The molecule has 0 amide bonds. The van der Waals surface area contributed by atoms with Gasteiger partial charge in [0.15, 0.2) is 11.4 Å². The molecule has 0 atom stereocenters. The molecule has 0 aromatic carbocycles. The summed E-state index contributed by atoms with van der Waals surface area (Å²) in [7, 11) is 0. The number of imidazole rings is 1. The third-order valence-corrected chi connectivity index (χ3v) is 2.14. The molecule has 0 bridgehead atoms. The molecule has 0 fully saturated rings. The van der Waals surface area contributed by atoms with E-state index in [0.717, 1.165) is 5.82 Å². The SMILES string of the molecule is CC(=O)c1cnc2cnc(C)n2c1N. The Bertz CT molecular complexity index is 515. The lowest BCUT2D eigenvalue weighted by Gasteiger charge is -2.05. The number of rotatable bonds is 1. The van der Waals surface area contributed by atoms with Crippen LogP contribution < -0.4 is 5.73 Å². The molecule has 72 valence electrons. The number of hydrogen-bond donors (Lipinski definition) is 1. The van der Waals surface area contributed by atoms with Crippen molar-refractivity contribution in [3.05, 3.63) is 23.8 Å². The van der Waals surface area contributed by atoms with Crippen molar-refractivity contribution < 1.29 is 4.79 Å². The number of aryl methyl sites for hydroxylation is 1. The van der Waals surface area contributed by atoms with Crippen molar-refractivity contribution in [2.45, 2.75) is 13.8 Å². The van der Waals surface area contributed by atoms with Crippen LogP contribution in [0.15, 0.2) is 12.4 Å². The standard InChI is InChI=1S/C9H10N4O/c1-5(14)7-3-12-8-4-11-6(2)13(8)9(7)10/h3-4H,10H2,1-2H3. The van der Waals surface area contributed by atoms with Crippen molar-refractivity contribution in [3.8, 4) is 0 Å². The van der Waals surface area contributed by atoms with Gasteiger partial charge >= 0.3 is 0 Å². The summed E-state index contributed by atoms with van der Waals surface area (Å²) in [5.41, 5.74) is 6.91. The van der Waals surface area contributed by atoms with Crippen LogP contribution in [0.5, 0.6) is 0 Å². The van der Waals surface area contributed by atoms with Gasteiger partial charge in [-0.2, -0.15) is 0 Å². The molecular formula is C9H10N4O. The molecule has 5 nitrogen and oxygen atoms in total. The van der Waals surface area contributed by atoms with Crippen LogP contribution in [-0.4, -0.2) is 20.2 Å². The zero-order chi connectivity index (χ0) is 10.3. The molecule has 0 radical (unpaired) electrons. The van der Waals surface area contributed by atoms with Gasteiger partial charge in [0, 0.05) is 6.20 Å². The summed E-state index contributed by atoms with van der Waals surface area (Å²) in [6, 6.07) is 0. The Kier molecular flexibility index (Phi) is 1.73. The van der Waals surface area contributed by atoms with Gasteiger partial charge in [-0.05, 0) is 13.8 Å². The van der Waals surface area contributed by atoms with E-state index < -0.39 is 0 Å². The smallest absolute Gasteiger partial charge is 0.165 e. The first-order valence-electron chi connectivity index (χ1n) is 4.20. The Hall–Kier alpha value is -1.91. The van der Waals surface area contributed by atoms with Crippen molar-refractivity contribution in [2.75, 3.05) is 5.73 Å². The molecule has 2 N–H and O–H groups in total. The van der Waals surface area contributed by atoms with E-state index in [-0.39, 0.29) is 5.78 Å². The summed E-state index contributed by atoms with van der Waals surface area (Å²) in [6.45, 7) is 3.28. The largest absolute Gasteiger partial charge is 0.384 e. The molecular weight excluding hydrogens is 180 g/mol. The fraction of sp³-hybridized carbons (Fsp3) is 0.222. The summed E-state index contributed by atoms with van der Waals surface area (Å²) in [4.78, 5) is 19.3. The van der Waals surface area contributed by atoms with Gasteiger partial charge < -0.3 is 5.73 Å². The summed E-state index contributed by atoms with van der Waals surface area (Å²) >= 11 is 0. The maximum atomic E-state index is 11.2. The zero-order valence-electron chi connectivity index (χ0n) is 7.98. The highest BCUT2D eigenvalue weighted by molar-refractivity contribution is 5.98. The highest BCUT2D eigenvalue weighted by Crippen LogP contribution is 2.15. The maximum absolute atomic E-state index is 11.2. The van der Waals surface area contributed by atoms with Gasteiger partial charge in [0.25, 0.3) is 0 Å². The Morgan fingerprint density at radius 1 is 1.43 bits per heavy atom. The third-order valence-electron chi connectivity index (χ3n) is 2.14. The average Bonchev–Trinajstić information content (AvgIpc) is 2.48. The predicted octanol–water partition coefficient (Wildman–Crippen LogP) is 0.823. The number of nitrogens with zero attached hydrogens (tertiary/aromatic N) is 3. The highest BCUT2D eigenvalue weighted by atomic mass is 16.1. The van der Waals surface area contributed by atoms with Crippen molar-refractivity contribution in [1.82, 2.24) is 14.4 Å². The number of anilines is 1. The van der Waals surface area contributed by atoms with Gasteiger partial charge in [-0.1, -0.05) is 0 Å². The molecule has 0 aliphatic rings. The van der Waals surface area contributed by atoms with Crippen LogP contribution in [-0.2, 0) is 0 Å². The minimum absolute atomic E-state index is 0.0926. The van der Waals surface area contributed by atoms with E-state index in [0.29, 0.717) is 17.0 Å². The summed E-state index contributed by atoms with van der Waals surface area (Å²) < 4.78 is 1.66. The summed E-state index contributed by atoms with van der Waals surface area (Å²) in [6.07, 6.45) is 3.10. The van der Waals surface area contributed by atoms with E-state index in [1.54, 1.807) is 10.6 Å². The van der Waals surface area contributed by atoms with E-state index in [9.17, 15) is 4.79 Å². The minimum Gasteiger partial charge on any atom is -0.384 e. The van der Waals surface area contributed by atoms with Gasteiger partial charge in [-0.3, -0.25) is 9.20 Å². The van der Waals surface area contributed by atoms with Crippen LogP contribution in [0.3, 0.4) is 0 Å². The van der Waals surface area contributed by atoms with Crippen LogP contribution in [0, 0.1) is 6.92 Å². The maximum Gasteiger partial charge on any atom is 0.165 e. The van der Waals surface area contributed by atoms with E-state index in [1.165, 1.54) is 13.1 Å². The molecule has 0 spiro atoms. The number of carbonyl (C=O) groups excluding carboxylic acids is 1. The van der Waals surface area contributed by atoms with E-state index >= 15 is 0 Å². The van der Waals surface area contributed by atoms with Crippen LogP contribution in [0.4, 0.5) is 5.82 Å². The first-order chi connectivity index (χ1) is 6.61. The Morgan fingerprint density at radius 3 is 2.79 bits per heavy atom. The molecule has 0 saturated heterocycles. The Balaban J connectivity index is 2.86. The molecule has 0 aliphatic heterocycles. The van der Waals surface area contributed by atoms with Gasteiger partial charge in [0.2, 0.25) is 0 Å². The number of hydrogen-bond acceptors (Lipinski definition) is 4. The first-order valence-corrected chi connectivity index (χ1v) is 4.20. The van der Waals surface area contributed by atoms with Crippen LogP contribution >= 0.6 is 0 Å². The molecule has 2 rings (SSSR count). The average molecular weight is 190 g/mol. The zero-order valence-corrected chi connectivity index (χ0v) is 7.98. The lowest BCUT2D eigenvalue weighted by molar-refractivity contribution is 0.101. The third kappa shape index (κ3) is 1.06. The second-order valence-corrected chi connectivity index (χ2v) is 3.11. The number of carbonyl (C=O) groups is 1. The normalized spacial score (nSPS) is 10.7. The van der Waals surface area contributed by atoms with Crippen molar-refractivity contribution in [1.29, 1.82) is 0 Å². The van der Waals surface area contributed by atoms with Crippen LogP contribution in [0.1, 0.15) is 23.1 Å². The fourth-order valence-electron chi connectivity index (χ4n) is 1.41. The number of ketones is 1. The van der Waals surface area contributed by atoms with Crippen LogP contribution in [0.2, 0.25) is 0 Å². The lowest BCUT2D eigenvalue weighted by atomic mass is 10.2. The number of fused-ring (bicyclic) bond motifs is 1. The van der Waals surface area contributed by atoms with Gasteiger partial charge in [0.1, 0.15) is 11.6 Å². The van der Waals surface area contributed by atoms with Crippen molar-refractivity contribution in [2.24, 2.45) is 0 Å². The topological polar surface area (TPSA) is 73.3 Å². The number of aromatic nitrogens is 3. The minimum atomic E-state index is -0.0926. The molecule has 2 heterocycles. The monoisotopic (exact) mass is 190 g/mol. The molecule has 2 aromatic rings. The van der Waals surface area contributed by atoms with Gasteiger partial charge in [-0.15, -0.1) is 0 Å². The van der Waals surface area contributed by atoms with Crippen molar-refractivity contribution in [3.63, 3.8) is 0 Å². The number of nitrogens with two attached hydrogens (primary N) is 1. The first kappa shape index (κ1) is 8.68. The van der Waals surface area contributed by atoms with Crippen molar-refractivity contribution >= 4 is 17.2 Å². The molecule has 0 unspecified atom stereocenters. The molecule has 5 heteroatoms. The number of Topliss-reactive ketones (excluding diaryl/α,β-unsaturated/α-hetero) is 1. The molecule has 14 heavy (non-hydrogen) atoms. The highest BCUT2D eigenvalue weighted by Gasteiger charge is 2.10. The summed E-state index contributed by atoms with van der Waals surface area (Å²) in [5, 5.41) is 0. The van der Waals surface area contributed by atoms with E-state index in [2.05, 4.69) is 9.97 Å².